The fourth-order valence-electron chi connectivity index (χ4n) is 3.31. The Morgan fingerprint density at radius 1 is 1.42 bits per heavy atom. The monoisotopic (exact) mass is 375 g/mol. The molecular formula is C16H27Cl2N5O. The summed E-state index contributed by atoms with van der Waals surface area (Å²) in [6.07, 6.45) is 3.84. The molecule has 1 amide bonds. The van der Waals surface area contributed by atoms with Crippen LogP contribution in [0, 0.1) is 11.8 Å². The average Bonchev–Trinajstić information content (AvgIpc) is 2.52. The normalized spacial score (nSPS) is 21.8. The second-order valence-corrected chi connectivity index (χ2v) is 6.48. The number of anilines is 1. The number of aromatic nitrogens is 2. The van der Waals surface area contributed by atoms with Crippen LogP contribution < -0.4 is 10.2 Å². The molecule has 0 saturated carbocycles. The summed E-state index contributed by atoms with van der Waals surface area (Å²) in [6.45, 7) is 5.83. The van der Waals surface area contributed by atoms with Gasteiger partial charge in [0.25, 0.3) is 0 Å². The second-order valence-electron chi connectivity index (χ2n) is 6.48. The van der Waals surface area contributed by atoms with Gasteiger partial charge in [-0.15, -0.1) is 29.9 Å². The van der Waals surface area contributed by atoms with E-state index in [9.17, 15) is 4.79 Å². The molecule has 2 aliphatic heterocycles. The van der Waals surface area contributed by atoms with Crippen molar-refractivity contribution in [3.8, 4) is 0 Å². The Balaban J connectivity index is 0.00000144. The Hall–Kier alpha value is -1.11. The minimum absolute atomic E-state index is 0. The average molecular weight is 376 g/mol. The molecule has 1 aromatic rings. The van der Waals surface area contributed by atoms with Crippen molar-refractivity contribution in [2.75, 3.05) is 38.1 Å². The van der Waals surface area contributed by atoms with Crippen LogP contribution in [0.25, 0.3) is 0 Å². The molecule has 2 aliphatic rings. The Morgan fingerprint density at radius 3 is 2.75 bits per heavy atom. The first-order valence-electron chi connectivity index (χ1n) is 8.17. The topological polar surface area (TPSA) is 61.4 Å². The lowest BCUT2D eigenvalue weighted by Gasteiger charge is -2.40. The number of nitrogens with zero attached hydrogens (tertiary/aromatic N) is 4. The fourth-order valence-corrected chi connectivity index (χ4v) is 3.31. The van der Waals surface area contributed by atoms with E-state index in [-0.39, 0.29) is 42.7 Å². The van der Waals surface area contributed by atoms with Crippen molar-refractivity contribution in [2.24, 2.45) is 11.8 Å². The Bertz CT molecular complexity index is 514. The van der Waals surface area contributed by atoms with E-state index in [4.69, 9.17) is 0 Å². The number of rotatable bonds is 4. The summed E-state index contributed by atoms with van der Waals surface area (Å²) in [6, 6.07) is 4.16. The first kappa shape index (κ1) is 20.9. The van der Waals surface area contributed by atoms with Crippen LogP contribution in [0.1, 0.15) is 19.8 Å². The van der Waals surface area contributed by atoms with Crippen LogP contribution in [0.2, 0.25) is 0 Å². The fraction of sp³-hybridized carbons (Fsp3) is 0.688. The van der Waals surface area contributed by atoms with Crippen molar-refractivity contribution in [3.05, 3.63) is 18.3 Å². The van der Waals surface area contributed by atoms with Crippen LogP contribution >= 0.6 is 24.8 Å². The number of halogens is 2. The number of hydrogen-bond donors (Lipinski definition) is 1. The predicted molar refractivity (Wildman–Crippen MR) is 100 cm³/mol. The molecule has 24 heavy (non-hydrogen) atoms. The Labute approximate surface area is 156 Å². The van der Waals surface area contributed by atoms with Gasteiger partial charge < -0.3 is 15.1 Å². The van der Waals surface area contributed by atoms with Gasteiger partial charge in [0.2, 0.25) is 5.91 Å². The van der Waals surface area contributed by atoms with Crippen LogP contribution in [0.15, 0.2) is 18.3 Å². The molecule has 0 radical (unpaired) electrons. The molecule has 3 heterocycles. The quantitative estimate of drug-likeness (QED) is 0.865. The molecule has 0 bridgehead atoms. The van der Waals surface area contributed by atoms with Crippen molar-refractivity contribution in [3.63, 3.8) is 0 Å². The van der Waals surface area contributed by atoms with E-state index in [0.717, 1.165) is 44.8 Å². The number of hydrogen-bond acceptors (Lipinski definition) is 5. The number of likely N-dealkylation sites (N-methyl/N-ethyl adjacent to an activating group) is 1. The molecule has 0 aliphatic carbocycles. The van der Waals surface area contributed by atoms with E-state index in [1.54, 1.807) is 6.20 Å². The van der Waals surface area contributed by atoms with Crippen molar-refractivity contribution in [1.29, 1.82) is 0 Å². The third-order valence-electron chi connectivity index (χ3n) is 5.08. The van der Waals surface area contributed by atoms with Gasteiger partial charge in [-0.3, -0.25) is 4.79 Å². The lowest BCUT2D eigenvalue weighted by molar-refractivity contribution is -0.138. The highest BCUT2D eigenvalue weighted by Gasteiger charge is 2.34. The highest BCUT2D eigenvalue weighted by atomic mass is 35.5. The van der Waals surface area contributed by atoms with Crippen LogP contribution in [0.5, 0.6) is 0 Å². The zero-order valence-corrected chi connectivity index (χ0v) is 15.9. The van der Waals surface area contributed by atoms with Gasteiger partial charge in [0.1, 0.15) is 0 Å². The molecule has 3 rings (SSSR count). The zero-order valence-electron chi connectivity index (χ0n) is 14.2. The second kappa shape index (κ2) is 9.39. The van der Waals surface area contributed by atoms with E-state index in [1.807, 2.05) is 24.1 Å². The molecule has 6 nitrogen and oxygen atoms in total. The van der Waals surface area contributed by atoms with Crippen molar-refractivity contribution in [2.45, 2.75) is 25.8 Å². The maximum atomic E-state index is 12.7. The molecule has 2 saturated heterocycles. The zero-order chi connectivity index (χ0) is 15.5. The number of carbonyl (C=O) groups excluding carboxylic acids is 1. The summed E-state index contributed by atoms with van der Waals surface area (Å²) in [5, 5.41) is 11.4. The first-order valence-corrected chi connectivity index (χ1v) is 8.17. The molecule has 2 fully saturated rings. The first-order chi connectivity index (χ1) is 10.7. The summed E-state index contributed by atoms with van der Waals surface area (Å²) in [5.41, 5.74) is 0. The predicted octanol–water partition coefficient (Wildman–Crippen LogP) is 1.60. The molecule has 1 aromatic heterocycles. The van der Waals surface area contributed by atoms with Crippen molar-refractivity contribution in [1.82, 2.24) is 20.4 Å². The van der Waals surface area contributed by atoms with Gasteiger partial charge >= 0.3 is 0 Å². The van der Waals surface area contributed by atoms with Gasteiger partial charge in [0.05, 0.1) is 0 Å². The number of amides is 1. The van der Waals surface area contributed by atoms with E-state index in [2.05, 4.69) is 27.3 Å². The molecule has 136 valence electrons. The molecular weight excluding hydrogens is 349 g/mol. The molecule has 2 atom stereocenters. The van der Waals surface area contributed by atoms with Crippen LogP contribution in [0.3, 0.4) is 0 Å². The van der Waals surface area contributed by atoms with Gasteiger partial charge in [-0.25, -0.2) is 0 Å². The molecule has 0 spiro atoms. The van der Waals surface area contributed by atoms with Gasteiger partial charge in [0.15, 0.2) is 5.82 Å². The van der Waals surface area contributed by atoms with Gasteiger partial charge in [0, 0.05) is 38.3 Å². The van der Waals surface area contributed by atoms with E-state index < -0.39 is 0 Å². The molecule has 8 heteroatoms. The minimum Gasteiger partial charge on any atom is -0.353 e. The van der Waals surface area contributed by atoms with Crippen LogP contribution in [-0.4, -0.2) is 60.3 Å². The minimum atomic E-state index is 0. The largest absolute Gasteiger partial charge is 0.353 e. The third kappa shape index (κ3) is 4.49. The van der Waals surface area contributed by atoms with Crippen molar-refractivity contribution < 1.29 is 4.79 Å². The van der Waals surface area contributed by atoms with Crippen molar-refractivity contribution >= 4 is 36.5 Å². The lowest BCUT2D eigenvalue weighted by atomic mass is 9.87. The summed E-state index contributed by atoms with van der Waals surface area (Å²) >= 11 is 0. The summed E-state index contributed by atoms with van der Waals surface area (Å²) < 4.78 is 0. The SMILES string of the molecule is CC(C(=O)N(C)C1CCCN(c2cccnn2)C1)C1CNC1.Cl.Cl. The summed E-state index contributed by atoms with van der Waals surface area (Å²) in [7, 11) is 1.95. The van der Waals surface area contributed by atoms with E-state index in [0.29, 0.717) is 5.92 Å². The standard InChI is InChI=1S/C16H25N5O.2ClH/c1-12(13-9-17-10-13)16(22)20(2)14-5-4-8-21(11-14)15-6-3-7-18-19-15;;/h3,6-7,12-14,17H,4-5,8-11H2,1-2H3;2*1H. The maximum Gasteiger partial charge on any atom is 0.225 e. The van der Waals surface area contributed by atoms with Gasteiger partial charge in [-0.2, -0.15) is 5.10 Å². The number of piperidine rings is 1. The Kier molecular flexibility index (Phi) is 8.19. The highest BCUT2D eigenvalue weighted by molar-refractivity contribution is 5.85. The molecule has 2 unspecified atom stereocenters. The van der Waals surface area contributed by atoms with Gasteiger partial charge in [-0.05, 0) is 44.0 Å². The summed E-state index contributed by atoms with van der Waals surface area (Å²) in [4.78, 5) is 16.9. The third-order valence-corrected chi connectivity index (χ3v) is 5.08. The van der Waals surface area contributed by atoms with E-state index >= 15 is 0 Å². The maximum absolute atomic E-state index is 12.7. The van der Waals surface area contributed by atoms with Crippen LogP contribution in [-0.2, 0) is 4.79 Å². The number of carbonyl (C=O) groups is 1. The smallest absolute Gasteiger partial charge is 0.225 e. The molecule has 1 N–H and O–H groups in total. The van der Waals surface area contributed by atoms with Crippen LogP contribution in [0.4, 0.5) is 5.82 Å². The van der Waals surface area contributed by atoms with E-state index in [1.165, 1.54) is 0 Å². The highest BCUT2D eigenvalue weighted by Crippen LogP contribution is 2.23. The Morgan fingerprint density at radius 2 is 2.17 bits per heavy atom. The lowest BCUT2D eigenvalue weighted by Crippen LogP contribution is -2.54. The summed E-state index contributed by atoms with van der Waals surface area (Å²) in [5.74, 6) is 1.79. The van der Waals surface area contributed by atoms with Gasteiger partial charge in [-0.1, -0.05) is 6.92 Å². The number of nitrogens with one attached hydrogen (secondary N) is 1. The molecule has 0 aromatic carbocycles.